The van der Waals surface area contributed by atoms with Gasteiger partial charge in [-0.15, -0.1) is 0 Å². The molecule has 1 rings (SSSR count). The van der Waals surface area contributed by atoms with Gasteiger partial charge in [0.2, 0.25) is 0 Å². The zero-order valence-corrected chi connectivity index (χ0v) is 12.0. The monoisotopic (exact) mass is 289 g/mol. The summed E-state index contributed by atoms with van der Waals surface area (Å²) in [5, 5.41) is 3.18. The van der Waals surface area contributed by atoms with Crippen LogP contribution in [0, 0.1) is 6.92 Å². The van der Waals surface area contributed by atoms with E-state index in [0.29, 0.717) is 6.54 Å². The Hall–Kier alpha value is -1.07. The van der Waals surface area contributed by atoms with Gasteiger partial charge in [-0.25, -0.2) is 0 Å². The highest BCUT2D eigenvalue weighted by Gasteiger charge is 2.26. The standard InChI is InChI=1S/C15H22F3NO/c1-3-19-11-14(13-7-4-6-12(2)10-13)20-9-5-8-15(16,17)18/h4,6-7,10,14,19H,3,5,8-9,11H2,1-2H3. The van der Waals surface area contributed by atoms with E-state index in [4.69, 9.17) is 4.74 Å². The van der Waals surface area contributed by atoms with Crippen LogP contribution in [0.5, 0.6) is 0 Å². The first-order chi connectivity index (χ1) is 9.42. The first kappa shape index (κ1) is 17.0. The summed E-state index contributed by atoms with van der Waals surface area (Å²) < 4.78 is 41.9. The number of rotatable bonds is 8. The second-order valence-electron chi connectivity index (χ2n) is 4.80. The molecule has 0 heterocycles. The number of halogens is 3. The molecule has 0 aliphatic heterocycles. The van der Waals surface area contributed by atoms with Crippen LogP contribution in [0.2, 0.25) is 0 Å². The average molecular weight is 289 g/mol. The molecule has 1 aromatic rings. The quantitative estimate of drug-likeness (QED) is 0.730. The van der Waals surface area contributed by atoms with Crippen LogP contribution >= 0.6 is 0 Å². The van der Waals surface area contributed by atoms with Gasteiger partial charge >= 0.3 is 6.18 Å². The van der Waals surface area contributed by atoms with Crippen LogP contribution < -0.4 is 5.32 Å². The minimum Gasteiger partial charge on any atom is -0.372 e. The number of alkyl halides is 3. The molecule has 0 saturated heterocycles. The van der Waals surface area contributed by atoms with E-state index in [-0.39, 0.29) is 19.1 Å². The van der Waals surface area contributed by atoms with Gasteiger partial charge in [0, 0.05) is 19.6 Å². The Morgan fingerprint density at radius 2 is 2.05 bits per heavy atom. The fraction of sp³-hybridized carbons (Fsp3) is 0.600. The molecule has 0 fully saturated rings. The summed E-state index contributed by atoms with van der Waals surface area (Å²) in [6, 6.07) is 7.87. The predicted molar refractivity (Wildman–Crippen MR) is 73.7 cm³/mol. The molecule has 1 unspecified atom stereocenters. The van der Waals surface area contributed by atoms with Crippen molar-refractivity contribution in [3.63, 3.8) is 0 Å². The second-order valence-corrected chi connectivity index (χ2v) is 4.80. The van der Waals surface area contributed by atoms with E-state index >= 15 is 0 Å². The van der Waals surface area contributed by atoms with Crippen molar-refractivity contribution in [1.82, 2.24) is 5.32 Å². The maximum absolute atomic E-state index is 12.1. The van der Waals surface area contributed by atoms with Gasteiger partial charge in [0.1, 0.15) is 0 Å². The fourth-order valence-corrected chi connectivity index (χ4v) is 1.92. The number of likely N-dealkylation sites (N-methyl/N-ethyl adjacent to an activating group) is 1. The summed E-state index contributed by atoms with van der Waals surface area (Å²) >= 11 is 0. The maximum Gasteiger partial charge on any atom is 0.389 e. The number of hydrogen-bond acceptors (Lipinski definition) is 2. The van der Waals surface area contributed by atoms with Crippen LogP contribution in [0.25, 0.3) is 0 Å². The van der Waals surface area contributed by atoms with Crippen molar-refractivity contribution in [3.05, 3.63) is 35.4 Å². The number of nitrogens with one attached hydrogen (secondary N) is 1. The zero-order valence-electron chi connectivity index (χ0n) is 12.0. The molecular weight excluding hydrogens is 267 g/mol. The molecule has 1 aromatic carbocycles. The third kappa shape index (κ3) is 6.91. The lowest BCUT2D eigenvalue weighted by Gasteiger charge is -2.19. The number of aryl methyl sites for hydroxylation is 1. The molecule has 1 atom stereocenters. The lowest BCUT2D eigenvalue weighted by molar-refractivity contribution is -0.138. The minimum atomic E-state index is -4.11. The van der Waals surface area contributed by atoms with Crippen molar-refractivity contribution in [2.45, 2.75) is 39.0 Å². The summed E-state index contributed by atoms with van der Waals surface area (Å²) in [6.45, 7) is 5.48. The minimum absolute atomic E-state index is 0.00204. The smallest absolute Gasteiger partial charge is 0.372 e. The van der Waals surface area contributed by atoms with Crippen molar-refractivity contribution in [3.8, 4) is 0 Å². The first-order valence-corrected chi connectivity index (χ1v) is 6.88. The van der Waals surface area contributed by atoms with Gasteiger partial charge < -0.3 is 10.1 Å². The Labute approximate surface area is 118 Å². The van der Waals surface area contributed by atoms with Crippen molar-refractivity contribution in [1.29, 1.82) is 0 Å². The number of hydrogen-bond donors (Lipinski definition) is 1. The van der Waals surface area contributed by atoms with E-state index in [1.165, 1.54) is 0 Å². The topological polar surface area (TPSA) is 21.3 Å². The van der Waals surface area contributed by atoms with Gasteiger partial charge in [-0.1, -0.05) is 36.8 Å². The van der Waals surface area contributed by atoms with Gasteiger partial charge in [0.05, 0.1) is 6.10 Å². The molecule has 0 aliphatic rings. The second kappa shape index (κ2) is 8.27. The van der Waals surface area contributed by atoms with Gasteiger partial charge in [-0.2, -0.15) is 13.2 Å². The highest BCUT2D eigenvalue weighted by molar-refractivity contribution is 5.24. The highest BCUT2D eigenvalue weighted by atomic mass is 19.4. The number of benzene rings is 1. The van der Waals surface area contributed by atoms with E-state index in [0.717, 1.165) is 17.7 Å². The Morgan fingerprint density at radius 1 is 1.30 bits per heavy atom. The van der Waals surface area contributed by atoms with E-state index in [1.54, 1.807) is 0 Å². The van der Waals surface area contributed by atoms with Crippen molar-refractivity contribution in [2.24, 2.45) is 0 Å². The van der Waals surface area contributed by atoms with Crippen LogP contribution in [0.15, 0.2) is 24.3 Å². The third-order valence-corrected chi connectivity index (χ3v) is 2.92. The Balaban J connectivity index is 2.52. The van der Waals surface area contributed by atoms with Gasteiger partial charge in [-0.3, -0.25) is 0 Å². The molecule has 0 aromatic heterocycles. The number of ether oxygens (including phenoxy) is 1. The molecule has 0 radical (unpaired) electrons. The van der Waals surface area contributed by atoms with Crippen LogP contribution in [-0.2, 0) is 4.74 Å². The molecule has 0 amide bonds. The van der Waals surface area contributed by atoms with Gasteiger partial charge in [0.25, 0.3) is 0 Å². The Morgan fingerprint density at radius 3 is 2.65 bits per heavy atom. The van der Waals surface area contributed by atoms with Crippen molar-refractivity contribution in [2.75, 3.05) is 19.7 Å². The molecule has 20 heavy (non-hydrogen) atoms. The Bertz CT molecular complexity index is 393. The van der Waals surface area contributed by atoms with E-state index < -0.39 is 12.6 Å². The van der Waals surface area contributed by atoms with Gasteiger partial charge in [-0.05, 0) is 25.5 Å². The molecule has 0 spiro atoms. The Kier molecular flexibility index (Phi) is 7.02. The van der Waals surface area contributed by atoms with Crippen LogP contribution in [0.3, 0.4) is 0 Å². The summed E-state index contributed by atoms with van der Waals surface area (Å²) in [5.74, 6) is 0. The van der Waals surface area contributed by atoms with E-state index in [1.807, 2.05) is 38.1 Å². The third-order valence-electron chi connectivity index (χ3n) is 2.92. The zero-order chi connectivity index (χ0) is 15.0. The first-order valence-electron chi connectivity index (χ1n) is 6.88. The van der Waals surface area contributed by atoms with E-state index in [9.17, 15) is 13.2 Å². The molecule has 0 aliphatic carbocycles. The lowest BCUT2D eigenvalue weighted by atomic mass is 10.1. The summed E-state index contributed by atoms with van der Waals surface area (Å²) in [6.07, 6.45) is -5.11. The van der Waals surface area contributed by atoms with Crippen molar-refractivity contribution >= 4 is 0 Å². The fourth-order valence-electron chi connectivity index (χ4n) is 1.92. The largest absolute Gasteiger partial charge is 0.389 e. The molecule has 2 nitrogen and oxygen atoms in total. The molecule has 1 N–H and O–H groups in total. The average Bonchev–Trinajstić information content (AvgIpc) is 2.36. The van der Waals surface area contributed by atoms with Crippen molar-refractivity contribution < 1.29 is 17.9 Å². The predicted octanol–water partition coefficient (Wildman–Crippen LogP) is 4.00. The summed E-state index contributed by atoms with van der Waals surface area (Å²) in [4.78, 5) is 0. The molecule has 5 heteroatoms. The molecule has 0 bridgehead atoms. The maximum atomic E-state index is 12.1. The van der Waals surface area contributed by atoms with Gasteiger partial charge in [0.15, 0.2) is 0 Å². The van der Waals surface area contributed by atoms with E-state index in [2.05, 4.69) is 5.32 Å². The molecular formula is C15H22F3NO. The molecule has 0 saturated carbocycles. The molecule has 114 valence electrons. The normalized spacial score (nSPS) is 13.4. The summed E-state index contributed by atoms with van der Waals surface area (Å²) in [7, 11) is 0. The highest BCUT2D eigenvalue weighted by Crippen LogP contribution is 2.23. The van der Waals surface area contributed by atoms with Crippen LogP contribution in [0.4, 0.5) is 13.2 Å². The summed E-state index contributed by atoms with van der Waals surface area (Å²) in [5.41, 5.74) is 2.11. The lowest BCUT2D eigenvalue weighted by Crippen LogP contribution is -2.23. The van der Waals surface area contributed by atoms with Crippen LogP contribution in [-0.4, -0.2) is 25.9 Å². The van der Waals surface area contributed by atoms with Crippen LogP contribution in [0.1, 0.15) is 37.0 Å². The SMILES string of the molecule is CCNCC(OCCCC(F)(F)F)c1cccc(C)c1.